The van der Waals surface area contributed by atoms with Gasteiger partial charge in [0.25, 0.3) is 6.43 Å². The zero-order valence-electron chi connectivity index (χ0n) is 20.0. The fourth-order valence-corrected chi connectivity index (χ4v) is 5.32. The topological polar surface area (TPSA) is 24.3 Å². The molecule has 1 aromatic heterocycles. The molecule has 0 unspecified atom stereocenters. The molecule has 178 valence electrons. The highest BCUT2D eigenvalue weighted by molar-refractivity contribution is 5.77. The summed E-state index contributed by atoms with van der Waals surface area (Å²) in [6.45, 7) is 9.11. The molecule has 4 nitrogen and oxygen atoms in total. The number of halogens is 2. The average molecular weight is 463 g/mol. The van der Waals surface area contributed by atoms with Gasteiger partial charge in [0.2, 0.25) is 0 Å². The number of aryl methyl sites for hydroxylation is 3. The molecule has 6 heteroatoms. The number of alkyl halides is 2. The van der Waals surface area contributed by atoms with E-state index in [0.29, 0.717) is 5.56 Å². The summed E-state index contributed by atoms with van der Waals surface area (Å²) in [4.78, 5) is 4.61. The van der Waals surface area contributed by atoms with Gasteiger partial charge < -0.3 is 9.80 Å². The Balaban J connectivity index is 1.54. The molecule has 0 saturated heterocycles. The lowest BCUT2D eigenvalue weighted by Gasteiger charge is -2.33. The van der Waals surface area contributed by atoms with Gasteiger partial charge in [0.1, 0.15) is 0 Å². The smallest absolute Gasteiger partial charge is 0.264 e. The molecule has 0 fully saturated rings. The molecule has 0 radical (unpaired) electrons. The van der Waals surface area contributed by atoms with Crippen molar-refractivity contribution in [2.45, 2.75) is 52.0 Å². The highest BCUT2D eigenvalue weighted by Gasteiger charge is 2.25. The molecule has 2 aromatic carbocycles. The van der Waals surface area contributed by atoms with Crippen LogP contribution in [-0.2, 0) is 26.4 Å². The zero-order chi connectivity index (χ0) is 23.8. The number of allylic oxidation sites excluding steroid dienone is 1. The lowest BCUT2D eigenvalue weighted by atomic mass is 9.92. The lowest BCUT2D eigenvalue weighted by Crippen LogP contribution is -2.25. The second-order valence-electron chi connectivity index (χ2n) is 9.42. The largest absolute Gasteiger partial charge is 0.371 e. The second-order valence-corrected chi connectivity index (χ2v) is 9.42. The van der Waals surface area contributed by atoms with Crippen LogP contribution < -0.4 is 4.90 Å². The van der Waals surface area contributed by atoms with Crippen molar-refractivity contribution >= 4 is 11.4 Å². The van der Waals surface area contributed by atoms with Crippen molar-refractivity contribution in [3.63, 3.8) is 0 Å². The Morgan fingerprint density at radius 1 is 1.06 bits per heavy atom. The third kappa shape index (κ3) is 4.22. The first-order chi connectivity index (χ1) is 16.4. The molecule has 2 aliphatic rings. The summed E-state index contributed by atoms with van der Waals surface area (Å²) >= 11 is 0. The first-order valence-electron chi connectivity index (χ1n) is 12.2. The van der Waals surface area contributed by atoms with Crippen LogP contribution in [0.2, 0.25) is 0 Å². The Morgan fingerprint density at radius 2 is 1.85 bits per heavy atom. The maximum Gasteiger partial charge on any atom is 0.264 e. The third-order valence-corrected chi connectivity index (χ3v) is 7.21. The molecule has 5 rings (SSSR count). The van der Waals surface area contributed by atoms with Crippen molar-refractivity contribution in [1.82, 2.24) is 14.7 Å². The van der Waals surface area contributed by atoms with Gasteiger partial charge in [0, 0.05) is 61.1 Å². The molecule has 0 atom stereocenters. The van der Waals surface area contributed by atoms with Gasteiger partial charge in [-0.2, -0.15) is 5.10 Å². The van der Waals surface area contributed by atoms with E-state index in [0.717, 1.165) is 74.2 Å². The lowest BCUT2D eigenvalue weighted by molar-refractivity contribution is 0.152. The number of hydrogen-bond acceptors (Lipinski definition) is 3. The number of nitrogens with zero attached hydrogens (tertiary/aromatic N) is 4. The van der Waals surface area contributed by atoms with Crippen molar-refractivity contribution in [3.05, 3.63) is 77.3 Å². The maximum absolute atomic E-state index is 14.2. The van der Waals surface area contributed by atoms with E-state index in [1.165, 1.54) is 16.8 Å². The Labute approximate surface area is 200 Å². The standard InChI is InChI=1S/C28H32F2N4/c1-4-19(2)33-11-5-7-20-9-10-24(13-22(20)18-33)34-12-6-8-21-14-25(23-16-31-32(3)17-23)26(28(29)30)15-27(21)34/h9-10,13-17,28H,2,4-8,11-12,18H2,1,3H3. The van der Waals surface area contributed by atoms with Crippen LogP contribution in [0.15, 0.2) is 55.0 Å². The van der Waals surface area contributed by atoms with Crippen LogP contribution in [0.5, 0.6) is 0 Å². The van der Waals surface area contributed by atoms with Crippen molar-refractivity contribution in [1.29, 1.82) is 0 Å². The van der Waals surface area contributed by atoms with Gasteiger partial charge in [-0.3, -0.25) is 4.68 Å². The van der Waals surface area contributed by atoms with Crippen molar-refractivity contribution in [3.8, 4) is 11.1 Å². The average Bonchev–Trinajstić information content (AvgIpc) is 3.16. The molecule has 0 bridgehead atoms. The zero-order valence-corrected chi connectivity index (χ0v) is 20.0. The number of anilines is 2. The molecule has 34 heavy (non-hydrogen) atoms. The van der Waals surface area contributed by atoms with Crippen LogP contribution >= 0.6 is 0 Å². The van der Waals surface area contributed by atoms with Gasteiger partial charge >= 0.3 is 0 Å². The number of benzene rings is 2. The SMILES string of the molecule is C=C(CC)N1CCCc2ccc(N3CCCc4cc(-c5cnn(C)c5)c(C(F)F)cc43)cc2C1. The molecule has 2 aliphatic heterocycles. The molecular formula is C28H32F2N4. The second kappa shape index (κ2) is 9.24. The van der Waals surface area contributed by atoms with Gasteiger partial charge in [-0.05, 0) is 78.6 Å². The van der Waals surface area contributed by atoms with Crippen LogP contribution in [0.4, 0.5) is 20.2 Å². The molecule has 0 N–H and O–H groups in total. The van der Waals surface area contributed by atoms with Crippen molar-refractivity contribution < 1.29 is 8.78 Å². The highest BCUT2D eigenvalue weighted by atomic mass is 19.3. The van der Waals surface area contributed by atoms with Crippen LogP contribution in [0, 0.1) is 0 Å². The predicted molar refractivity (Wildman–Crippen MR) is 134 cm³/mol. The normalized spacial score (nSPS) is 15.8. The van der Waals surface area contributed by atoms with Gasteiger partial charge in [0.05, 0.1) is 6.20 Å². The van der Waals surface area contributed by atoms with Crippen LogP contribution in [0.3, 0.4) is 0 Å². The Morgan fingerprint density at radius 3 is 2.59 bits per heavy atom. The quantitative estimate of drug-likeness (QED) is 0.418. The third-order valence-electron chi connectivity index (χ3n) is 7.21. The van der Waals surface area contributed by atoms with E-state index in [1.54, 1.807) is 30.2 Å². The minimum absolute atomic E-state index is 0.0684. The van der Waals surface area contributed by atoms with Crippen molar-refractivity contribution in [2.24, 2.45) is 7.05 Å². The van der Waals surface area contributed by atoms with Gasteiger partial charge in [-0.15, -0.1) is 0 Å². The summed E-state index contributed by atoms with van der Waals surface area (Å²) in [5.41, 5.74) is 8.36. The number of aromatic nitrogens is 2. The number of fused-ring (bicyclic) bond motifs is 2. The predicted octanol–water partition coefficient (Wildman–Crippen LogP) is 6.78. The first kappa shape index (κ1) is 22.6. The van der Waals surface area contributed by atoms with E-state index in [9.17, 15) is 8.78 Å². The summed E-state index contributed by atoms with van der Waals surface area (Å²) in [7, 11) is 1.81. The molecule has 0 aliphatic carbocycles. The van der Waals surface area contributed by atoms with E-state index in [-0.39, 0.29) is 5.56 Å². The molecular weight excluding hydrogens is 430 g/mol. The Kier molecular flexibility index (Phi) is 6.15. The van der Waals surface area contributed by atoms with E-state index < -0.39 is 6.43 Å². The maximum atomic E-state index is 14.2. The van der Waals surface area contributed by atoms with Gasteiger partial charge in [-0.1, -0.05) is 19.6 Å². The van der Waals surface area contributed by atoms with Crippen LogP contribution in [0.1, 0.15) is 54.9 Å². The summed E-state index contributed by atoms with van der Waals surface area (Å²) in [6.07, 6.45) is 5.92. The van der Waals surface area contributed by atoms with Gasteiger partial charge in [0.15, 0.2) is 0 Å². The molecule has 0 spiro atoms. The van der Waals surface area contributed by atoms with E-state index in [1.807, 2.05) is 6.07 Å². The minimum Gasteiger partial charge on any atom is -0.371 e. The number of rotatable bonds is 5. The van der Waals surface area contributed by atoms with Crippen LogP contribution in [0.25, 0.3) is 11.1 Å². The van der Waals surface area contributed by atoms with Crippen molar-refractivity contribution in [2.75, 3.05) is 18.0 Å². The molecule has 0 amide bonds. The summed E-state index contributed by atoms with van der Waals surface area (Å²) in [5.74, 6) is 0. The van der Waals surface area contributed by atoms with E-state index >= 15 is 0 Å². The molecule has 3 aromatic rings. The Bertz CT molecular complexity index is 1210. The summed E-state index contributed by atoms with van der Waals surface area (Å²) < 4.78 is 30.0. The fourth-order valence-electron chi connectivity index (χ4n) is 5.32. The highest BCUT2D eigenvalue weighted by Crippen LogP contribution is 2.41. The van der Waals surface area contributed by atoms with Gasteiger partial charge in [-0.25, -0.2) is 8.78 Å². The molecule has 3 heterocycles. The first-order valence-corrected chi connectivity index (χ1v) is 12.2. The van der Waals surface area contributed by atoms with E-state index in [4.69, 9.17) is 0 Å². The minimum atomic E-state index is -2.55. The fraction of sp³-hybridized carbons (Fsp3) is 0.393. The van der Waals surface area contributed by atoms with Crippen LogP contribution in [-0.4, -0.2) is 27.8 Å². The molecule has 0 saturated carbocycles. The monoisotopic (exact) mass is 462 g/mol. The van der Waals surface area contributed by atoms with E-state index in [2.05, 4.69) is 46.6 Å². The Hall–Kier alpha value is -3.15. The summed E-state index contributed by atoms with van der Waals surface area (Å²) in [5, 5.41) is 4.19. The summed E-state index contributed by atoms with van der Waals surface area (Å²) in [6, 6.07) is 10.3. The number of hydrogen-bond donors (Lipinski definition) is 0.